The van der Waals surface area contributed by atoms with Crippen LogP contribution < -0.4 is 15.0 Å². The summed E-state index contributed by atoms with van der Waals surface area (Å²) in [7, 11) is 0. The van der Waals surface area contributed by atoms with Crippen LogP contribution in [-0.4, -0.2) is 89.2 Å². The lowest BCUT2D eigenvalue weighted by atomic mass is 9.98. The largest absolute Gasteiger partial charge is 0.508 e. The van der Waals surface area contributed by atoms with E-state index in [4.69, 9.17) is 25.9 Å². The third-order valence-electron chi connectivity index (χ3n) is 10.1. The van der Waals surface area contributed by atoms with E-state index in [1.807, 2.05) is 4.57 Å². The van der Waals surface area contributed by atoms with Crippen molar-refractivity contribution in [3.63, 3.8) is 0 Å². The van der Waals surface area contributed by atoms with Crippen LogP contribution in [0.15, 0.2) is 30.6 Å². The summed E-state index contributed by atoms with van der Waals surface area (Å²) >= 11 is 0. The molecule has 0 amide bonds. The zero-order valence-electron chi connectivity index (χ0n) is 25.6. The fourth-order valence-corrected chi connectivity index (χ4v) is 7.57. The average molecular weight is 622 g/mol. The van der Waals surface area contributed by atoms with Crippen molar-refractivity contribution in [2.24, 2.45) is 5.41 Å². The molecule has 236 valence electrons. The number of aromatic nitrogens is 3. The predicted molar refractivity (Wildman–Crippen MR) is 171 cm³/mol. The van der Waals surface area contributed by atoms with Crippen LogP contribution in [0, 0.1) is 34.9 Å². The van der Waals surface area contributed by atoms with E-state index >= 15 is 0 Å². The highest BCUT2D eigenvalue weighted by atomic mass is 19.1. The number of terminal acetylenes is 1. The molecule has 0 radical (unpaired) electrons. The monoisotopic (exact) mass is 621 g/mol. The van der Waals surface area contributed by atoms with Crippen molar-refractivity contribution >= 4 is 27.6 Å². The van der Waals surface area contributed by atoms with E-state index < -0.39 is 5.82 Å². The zero-order valence-corrected chi connectivity index (χ0v) is 25.6. The van der Waals surface area contributed by atoms with Crippen LogP contribution in [0.1, 0.15) is 42.4 Å². The minimum absolute atomic E-state index is 0.0414. The quantitative estimate of drug-likeness (QED) is 0.284. The van der Waals surface area contributed by atoms with E-state index in [9.17, 15) is 14.8 Å². The highest BCUT2D eigenvalue weighted by Crippen LogP contribution is 2.47. The second kappa shape index (κ2) is 11.4. The molecule has 4 aliphatic rings. The lowest BCUT2D eigenvalue weighted by Gasteiger charge is -2.34. The Hall–Kier alpha value is -4.42. The van der Waals surface area contributed by atoms with Gasteiger partial charge in [-0.3, -0.25) is 4.90 Å². The minimum atomic E-state index is -0.503. The Morgan fingerprint density at radius 2 is 1.93 bits per heavy atom. The van der Waals surface area contributed by atoms with E-state index in [0.717, 1.165) is 71.6 Å². The lowest BCUT2D eigenvalue weighted by Crippen LogP contribution is -2.51. The average Bonchev–Trinajstić information content (AvgIpc) is 3.57. The Morgan fingerprint density at radius 1 is 1.15 bits per heavy atom. The number of nitriles is 1. The molecule has 8 rings (SSSR count). The highest BCUT2D eigenvalue weighted by molar-refractivity contribution is 5.93. The van der Waals surface area contributed by atoms with Gasteiger partial charge in [0.1, 0.15) is 23.2 Å². The van der Waals surface area contributed by atoms with Gasteiger partial charge in [0.2, 0.25) is 5.88 Å². The summed E-state index contributed by atoms with van der Waals surface area (Å²) in [6.07, 6.45) is 11.8. The molecule has 3 saturated heterocycles. The molecule has 1 saturated carbocycles. The number of nitrogens with one attached hydrogen (secondary N) is 1. The van der Waals surface area contributed by atoms with Crippen LogP contribution >= 0.6 is 0 Å². The van der Waals surface area contributed by atoms with E-state index in [1.54, 1.807) is 24.5 Å². The maximum Gasteiger partial charge on any atom is 0.244 e. The highest BCUT2D eigenvalue weighted by Gasteiger charge is 2.45. The predicted octanol–water partition coefficient (Wildman–Crippen LogP) is 3.76. The summed E-state index contributed by atoms with van der Waals surface area (Å²) in [6, 6.07) is 9.22. The second-order valence-corrected chi connectivity index (χ2v) is 13.3. The van der Waals surface area contributed by atoms with Crippen molar-refractivity contribution in [1.82, 2.24) is 24.8 Å². The molecule has 4 aromatic rings. The Kier molecular flexibility index (Phi) is 7.21. The van der Waals surface area contributed by atoms with Gasteiger partial charge < -0.3 is 29.4 Å². The summed E-state index contributed by atoms with van der Waals surface area (Å²) in [4.78, 5) is 14.4. The van der Waals surface area contributed by atoms with Crippen molar-refractivity contribution in [1.29, 1.82) is 5.26 Å². The van der Waals surface area contributed by atoms with E-state index in [2.05, 4.69) is 27.1 Å². The third kappa shape index (κ3) is 5.19. The summed E-state index contributed by atoms with van der Waals surface area (Å²) in [6.45, 7) is 6.53. The number of imidazole rings is 1. The van der Waals surface area contributed by atoms with Crippen molar-refractivity contribution in [3.8, 4) is 30.0 Å². The molecule has 5 heterocycles. The number of anilines is 1. The van der Waals surface area contributed by atoms with Gasteiger partial charge in [-0.05, 0) is 54.8 Å². The van der Waals surface area contributed by atoms with Gasteiger partial charge in [0.25, 0.3) is 0 Å². The topological polar surface area (TPSA) is 112 Å². The second-order valence-electron chi connectivity index (χ2n) is 13.3. The van der Waals surface area contributed by atoms with Crippen molar-refractivity contribution in [2.75, 3.05) is 57.4 Å². The fraction of sp³-hybridized carbons (Fsp3) is 0.457. The number of fused-ring (bicyclic) bond motifs is 4. The normalized spacial score (nSPS) is 22.2. The number of phenols is 1. The number of morpholine rings is 1. The van der Waals surface area contributed by atoms with Crippen molar-refractivity contribution in [2.45, 2.75) is 44.3 Å². The molecule has 2 atom stereocenters. The van der Waals surface area contributed by atoms with Gasteiger partial charge in [0.05, 0.1) is 37.2 Å². The Morgan fingerprint density at radius 3 is 2.65 bits per heavy atom. The molecule has 10 nitrogen and oxygen atoms in total. The number of benzene rings is 2. The third-order valence-corrected chi connectivity index (χ3v) is 10.1. The van der Waals surface area contributed by atoms with Crippen molar-refractivity contribution < 1.29 is 19.0 Å². The number of hydrogen-bond donors (Lipinski definition) is 2. The van der Waals surface area contributed by atoms with Crippen molar-refractivity contribution in [3.05, 3.63) is 53.1 Å². The van der Waals surface area contributed by atoms with Gasteiger partial charge in [-0.1, -0.05) is 12.0 Å². The molecule has 2 aromatic heterocycles. The molecule has 11 heteroatoms. The minimum Gasteiger partial charge on any atom is -0.508 e. The van der Waals surface area contributed by atoms with E-state index in [0.29, 0.717) is 63.3 Å². The number of pyridine rings is 1. The van der Waals surface area contributed by atoms with Crippen LogP contribution in [0.25, 0.3) is 21.8 Å². The first kappa shape index (κ1) is 29.0. The molecule has 2 N–H and O–H groups in total. The van der Waals surface area contributed by atoms with Crippen LogP contribution in [-0.2, 0) is 11.3 Å². The maximum absolute atomic E-state index is 14.9. The molecule has 4 fully saturated rings. The van der Waals surface area contributed by atoms with Gasteiger partial charge in [-0.2, -0.15) is 10.2 Å². The summed E-state index contributed by atoms with van der Waals surface area (Å²) in [5.41, 5.74) is 2.34. The van der Waals surface area contributed by atoms with E-state index in [-0.39, 0.29) is 23.3 Å². The van der Waals surface area contributed by atoms with Crippen LogP contribution in [0.2, 0.25) is 0 Å². The standard InChI is InChI=1S/C35H36FN7O3/c1-2-27-29(36)6-3-22-13-26(44)14-23(30(22)27)16-43-21-38-31-32(43)28(15-37)33(42-17-24-4-5-25(18-42)39-24)40-34(31)46-20-35(7-8-35)19-41-9-11-45-12-10-41/h1,3,6,13-14,21,24-25,39,44H,4-5,7-12,16-20H2. The number of phenolic OH excluding ortho intramolecular Hbond substituents is 1. The Labute approximate surface area is 266 Å². The van der Waals surface area contributed by atoms with Gasteiger partial charge in [0.15, 0.2) is 11.3 Å². The van der Waals surface area contributed by atoms with Crippen LogP contribution in [0.4, 0.5) is 10.2 Å². The number of halogens is 1. The number of nitrogens with zero attached hydrogens (tertiary/aromatic N) is 6. The first-order chi connectivity index (χ1) is 22.4. The zero-order chi connectivity index (χ0) is 31.4. The SMILES string of the molecule is C#Cc1c(F)ccc2cc(O)cc(Cn3cnc4c(OCC5(CN6CCOCC6)CC5)nc(N5CC6CCC(C5)N6)c(C#N)c43)c12. The van der Waals surface area contributed by atoms with Gasteiger partial charge >= 0.3 is 0 Å². The lowest BCUT2D eigenvalue weighted by molar-refractivity contribution is 0.0234. The van der Waals surface area contributed by atoms with Crippen LogP contribution in [0.5, 0.6) is 11.6 Å². The van der Waals surface area contributed by atoms with Gasteiger partial charge in [-0.15, -0.1) is 6.42 Å². The van der Waals surface area contributed by atoms with Crippen LogP contribution in [0.3, 0.4) is 0 Å². The van der Waals surface area contributed by atoms with Gasteiger partial charge in [-0.25, -0.2) is 9.37 Å². The van der Waals surface area contributed by atoms with E-state index in [1.165, 1.54) is 6.07 Å². The maximum atomic E-state index is 14.9. The Bertz CT molecular complexity index is 1910. The summed E-state index contributed by atoms with van der Waals surface area (Å²) in [5.74, 6) is 3.04. The first-order valence-corrected chi connectivity index (χ1v) is 16.1. The molecule has 2 aromatic carbocycles. The number of aromatic hydroxyl groups is 1. The molecular formula is C35H36FN7O3. The molecule has 0 spiro atoms. The fourth-order valence-electron chi connectivity index (χ4n) is 7.57. The molecule has 46 heavy (non-hydrogen) atoms. The number of rotatable bonds is 8. The number of piperazine rings is 1. The Balaban J connectivity index is 1.21. The molecule has 3 aliphatic heterocycles. The number of hydrogen-bond acceptors (Lipinski definition) is 9. The summed E-state index contributed by atoms with van der Waals surface area (Å²) < 4.78 is 28.8. The molecule has 2 unspecified atom stereocenters. The number of ether oxygens (including phenoxy) is 2. The summed E-state index contributed by atoms with van der Waals surface area (Å²) in [5, 5.41) is 26.1. The van der Waals surface area contributed by atoms with Gasteiger partial charge in [0, 0.05) is 62.2 Å². The molecule has 2 bridgehead atoms. The first-order valence-electron chi connectivity index (χ1n) is 16.1. The molecule has 1 aliphatic carbocycles. The molecular weight excluding hydrogens is 585 g/mol. The smallest absolute Gasteiger partial charge is 0.244 e.